The van der Waals surface area contributed by atoms with Crippen LogP contribution in [0.3, 0.4) is 0 Å². The summed E-state index contributed by atoms with van der Waals surface area (Å²) in [7, 11) is 0. The summed E-state index contributed by atoms with van der Waals surface area (Å²) < 4.78 is 0. The molecule has 1 N–H and O–H groups in total. The van der Waals surface area contributed by atoms with Gasteiger partial charge in [-0.25, -0.2) is 5.10 Å². The van der Waals surface area contributed by atoms with E-state index in [-0.39, 0.29) is 23.1 Å². The van der Waals surface area contributed by atoms with Gasteiger partial charge in [0, 0.05) is 38.7 Å². The highest BCUT2D eigenvalue weighted by molar-refractivity contribution is 5.92. The van der Waals surface area contributed by atoms with Crippen LogP contribution in [0.1, 0.15) is 36.7 Å². The molecule has 0 radical (unpaired) electrons. The number of carbonyl (C=O) groups is 2. The molecule has 0 aliphatic carbocycles. The van der Waals surface area contributed by atoms with Crippen molar-refractivity contribution in [3.63, 3.8) is 0 Å². The third-order valence-corrected chi connectivity index (χ3v) is 3.50. The summed E-state index contributed by atoms with van der Waals surface area (Å²) in [4.78, 5) is 38.7. The van der Waals surface area contributed by atoms with E-state index in [0.717, 1.165) is 12.8 Å². The van der Waals surface area contributed by atoms with Gasteiger partial charge >= 0.3 is 0 Å². The van der Waals surface area contributed by atoms with E-state index >= 15 is 0 Å². The lowest BCUT2D eigenvalue weighted by Gasteiger charge is -2.21. The topological polar surface area (TPSA) is 86.4 Å². The van der Waals surface area contributed by atoms with Gasteiger partial charge in [0.2, 0.25) is 5.91 Å². The zero-order valence-corrected chi connectivity index (χ0v) is 12.2. The van der Waals surface area contributed by atoms with Crippen LogP contribution in [0.25, 0.3) is 0 Å². The highest BCUT2D eigenvalue weighted by atomic mass is 16.2. The molecule has 2 heterocycles. The molecular formula is C14H20N4O3. The fourth-order valence-corrected chi connectivity index (χ4v) is 2.37. The summed E-state index contributed by atoms with van der Waals surface area (Å²) >= 11 is 0. The molecule has 7 nitrogen and oxygen atoms in total. The quantitative estimate of drug-likeness (QED) is 0.865. The maximum absolute atomic E-state index is 12.3. The van der Waals surface area contributed by atoms with Gasteiger partial charge in [0.15, 0.2) is 0 Å². The average Bonchev–Trinajstić information content (AvgIpc) is 2.73. The molecule has 0 unspecified atom stereocenters. The lowest BCUT2D eigenvalue weighted by atomic mass is 10.3. The van der Waals surface area contributed by atoms with Crippen molar-refractivity contribution in [3.8, 4) is 0 Å². The van der Waals surface area contributed by atoms with E-state index in [1.54, 1.807) is 4.90 Å². The molecule has 1 aromatic rings. The van der Waals surface area contributed by atoms with Crippen molar-refractivity contribution in [3.05, 3.63) is 28.2 Å². The summed E-state index contributed by atoms with van der Waals surface area (Å²) in [6.45, 7) is 4.30. The van der Waals surface area contributed by atoms with E-state index < -0.39 is 0 Å². The lowest BCUT2D eigenvalue weighted by molar-refractivity contribution is -0.131. The minimum absolute atomic E-state index is 0.147. The van der Waals surface area contributed by atoms with Crippen LogP contribution in [0.2, 0.25) is 0 Å². The lowest BCUT2D eigenvalue weighted by Crippen LogP contribution is -2.37. The van der Waals surface area contributed by atoms with E-state index in [0.29, 0.717) is 32.6 Å². The zero-order chi connectivity index (χ0) is 15.2. The SMILES string of the molecule is CCCC(=O)N1CCCN(C(=O)c2ccc(=O)[nH]n2)CC1. The Morgan fingerprint density at radius 2 is 1.90 bits per heavy atom. The first-order chi connectivity index (χ1) is 10.1. The van der Waals surface area contributed by atoms with Crippen molar-refractivity contribution in [2.75, 3.05) is 26.2 Å². The second-order valence-electron chi connectivity index (χ2n) is 5.08. The first-order valence-electron chi connectivity index (χ1n) is 7.24. The van der Waals surface area contributed by atoms with E-state index in [2.05, 4.69) is 10.2 Å². The largest absolute Gasteiger partial charge is 0.341 e. The zero-order valence-electron chi connectivity index (χ0n) is 12.2. The van der Waals surface area contributed by atoms with Gasteiger partial charge in [-0.2, -0.15) is 5.10 Å². The number of carbonyl (C=O) groups excluding carboxylic acids is 2. The standard InChI is InChI=1S/C14H20N4O3/c1-2-4-13(20)17-7-3-8-18(10-9-17)14(21)11-5-6-12(19)16-15-11/h5-6H,2-4,7-10H2,1H3,(H,16,19). The fraction of sp³-hybridized carbons (Fsp3) is 0.571. The van der Waals surface area contributed by atoms with Crippen molar-refractivity contribution in [2.45, 2.75) is 26.2 Å². The minimum Gasteiger partial charge on any atom is -0.341 e. The Morgan fingerprint density at radius 1 is 1.19 bits per heavy atom. The molecule has 7 heteroatoms. The molecule has 1 aliphatic rings. The van der Waals surface area contributed by atoms with Crippen molar-refractivity contribution in [1.29, 1.82) is 0 Å². The molecule has 2 amide bonds. The first kappa shape index (κ1) is 15.2. The maximum atomic E-state index is 12.3. The van der Waals surface area contributed by atoms with Gasteiger partial charge in [0.05, 0.1) is 0 Å². The number of aromatic nitrogens is 2. The van der Waals surface area contributed by atoms with Crippen LogP contribution in [0.5, 0.6) is 0 Å². The van der Waals surface area contributed by atoms with Crippen molar-refractivity contribution >= 4 is 11.8 Å². The second kappa shape index (κ2) is 7.01. The molecule has 1 aliphatic heterocycles. The normalized spacial score (nSPS) is 15.7. The number of nitrogens with one attached hydrogen (secondary N) is 1. The van der Waals surface area contributed by atoms with Gasteiger partial charge in [0.25, 0.3) is 11.5 Å². The Balaban J connectivity index is 1.99. The average molecular weight is 292 g/mol. The Labute approximate surface area is 122 Å². The van der Waals surface area contributed by atoms with E-state index in [1.165, 1.54) is 12.1 Å². The van der Waals surface area contributed by atoms with Crippen LogP contribution < -0.4 is 5.56 Å². The number of hydrogen-bond donors (Lipinski definition) is 1. The molecule has 0 aromatic carbocycles. The van der Waals surface area contributed by atoms with Crippen molar-refractivity contribution < 1.29 is 9.59 Å². The molecule has 0 atom stereocenters. The van der Waals surface area contributed by atoms with Gasteiger partial charge in [-0.1, -0.05) is 6.92 Å². The number of amides is 2. The van der Waals surface area contributed by atoms with Gasteiger partial charge < -0.3 is 9.80 Å². The first-order valence-corrected chi connectivity index (χ1v) is 7.24. The number of aromatic amines is 1. The molecule has 0 spiro atoms. The summed E-state index contributed by atoms with van der Waals surface area (Å²) in [6, 6.07) is 2.71. The Morgan fingerprint density at radius 3 is 2.57 bits per heavy atom. The van der Waals surface area contributed by atoms with E-state index in [9.17, 15) is 14.4 Å². The smallest absolute Gasteiger partial charge is 0.274 e. The fourth-order valence-electron chi connectivity index (χ4n) is 2.37. The molecular weight excluding hydrogens is 272 g/mol. The van der Waals surface area contributed by atoms with Gasteiger partial charge in [-0.05, 0) is 18.9 Å². The molecule has 0 saturated carbocycles. The van der Waals surface area contributed by atoms with Gasteiger partial charge in [-0.3, -0.25) is 14.4 Å². The van der Waals surface area contributed by atoms with Gasteiger partial charge in [-0.15, -0.1) is 0 Å². The Bertz CT molecular complexity index is 549. The van der Waals surface area contributed by atoms with Gasteiger partial charge in [0.1, 0.15) is 5.69 Å². The summed E-state index contributed by atoms with van der Waals surface area (Å²) in [5.41, 5.74) is -0.110. The summed E-state index contributed by atoms with van der Waals surface area (Å²) in [6.07, 6.45) is 2.14. The van der Waals surface area contributed by atoms with Crippen LogP contribution >= 0.6 is 0 Å². The van der Waals surface area contributed by atoms with Crippen molar-refractivity contribution in [2.24, 2.45) is 0 Å². The molecule has 1 fully saturated rings. The van der Waals surface area contributed by atoms with E-state index in [4.69, 9.17) is 0 Å². The number of hydrogen-bond acceptors (Lipinski definition) is 4. The third kappa shape index (κ3) is 3.90. The van der Waals surface area contributed by atoms with Crippen LogP contribution in [0, 0.1) is 0 Å². The number of rotatable bonds is 3. The maximum Gasteiger partial charge on any atom is 0.274 e. The van der Waals surface area contributed by atoms with Crippen molar-refractivity contribution in [1.82, 2.24) is 20.0 Å². The monoisotopic (exact) mass is 292 g/mol. The van der Waals surface area contributed by atoms with Crippen LogP contribution in [-0.4, -0.2) is 58.0 Å². The second-order valence-corrected chi connectivity index (χ2v) is 5.08. The number of H-pyrrole nitrogens is 1. The van der Waals surface area contributed by atoms with Crippen LogP contribution in [-0.2, 0) is 4.79 Å². The predicted molar refractivity (Wildman–Crippen MR) is 76.9 cm³/mol. The number of nitrogens with zero attached hydrogens (tertiary/aromatic N) is 3. The van der Waals surface area contributed by atoms with Crippen LogP contribution in [0.15, 0.2) is 16.9 Å². The highest BCUT2D eigenvalue weighted by Gasteiger charge is 2.23. The van der Waals surface area contributed by atoms with E-state index in [1.807, 2.05) is 11.8 Å². The molecule has 114 valence electrons. The summed E-state index contributed by atoms with van der Waals surface area (Å²) in [5, 5.41) is 6.02. The predicted octanol–water partition coefficient (Wildman–Crippen LogP) is 0.245. The molecule has 2 rings (SSSR count). The minimum atomic E-state index is -0.334. The highest BCUT2D eigenvalue weighted by Crippen LogP contribution is 2.08. The third-order valence-electron chi connectivity index (χ3n) is 3.50. The Hall–Kier alpha value is -2.18. The molecule has 21 heavy (non-hydrogen) atoms. The molecule has 1 aromatic heterocycles. The molecule has 1 saturated heterocycles. The molecule has 0 bridgehead atoms. The summed E-state index contributed by atoms with van der Waals surface area (Å²) in [5.74, 6) is -0.0648. The Kier molecular flexibility index (Phi) is 5.08. The van der Waals surface area contributed by atoms with Crippen LogP contribution in [0.4, 0.5) is 0 Å².